The molecule has 0 bridgehead atoms. The molecule has 1 saturated heterocycles. The lowest BCUT2D eigenvalue weighted by molar-refractivity contribution is -0.928. The zero-order valence-corrected chi connectivity index (χ0v) is 12.9. The van der Waals surface area contributed by atoms with Crippen LogP contribution in [0.3, 0.4) is 0 Å². The zero-order valence-electron chi connectivity index (χ0n) is 12.1. The van der Waals surface area contributed by atoms with Crippen LogP contribution in [0, 0.1) is 0 Å². The van der Waals surface area contributed by atoms with Gasteiger partial charge in [0.05, 0.1) is 31.3 Å². The van der Waals surface area contributed by atoms with Crippen molar-refractivity contribution in [3.05, 3.63) is 35.9 Å². The van der Waals surface area contributed by atoms with Crippen molar-refractivity contribution in [2.24, 2.45) is 0 Å². The topological polar surface area (TPSA) is 30.7 Å². The number of hydrogen-bond acceptors (Lipinski definition) is 2. The second kappa shape index (κ2) is 8.98. The number of carbonyl (C=O) groups is 1. The molecule has 0 saturated carbocycles. The number of likely N-dealkylation sites (tertiary alicyclic amines) is 1. The molecule has 0 spiro atoms. The smallest absolute Gasteiger partial charge is 0.338 e. The zero-order chi connectivity index (χ0) is 13.5. The quantitative estimate of drug-likeness (QED) is 0.541. The number of carbonyl (C=O) groups excluding carboxylic acids is 1. The fourth-order valence-electron chi connectivity index (χ4n) is 2.75. The number of hydrogen-bond donors (Lipinski definition) is 1. The van der Waals surface area contributed by atoms with Gasteiger partial charge in [0.2, 0.25) is 0 Å². The van der Waals surface area contributed by atoms with E-state index in [1.54, 1.807) is 17.0 Å². The average Bonchev–Trinajstić information content (AvgIpc) is 2.46. The fraction of sp³-hybridized carbons (Fsp3) is 0.562. The van der Waals surface area contributed by atoms with Gasteiger partial charge in [-0.2, -0.15) is 0 Å². The van der Waals surface area contributed by atoms with Crippen LogP contribution < -0.4 is 17.3 Å². The minimum absolute atomic E-state index is 0. The van der Waals surface area contributed by atoms with E-state index >= 15 is 0 Å². The van der Waals surface area contributed by atoms with E-state index in [-0.39, 0.29) is 18.4 Å². The molecular weight excluding hydrogens is 274 g/mol. The number of rotatable bonds is 5. The third-order valence-electron chi connectivity index (χ3n) is 3.97. The van der Waals surface area contributed by atoms with Gasteiger partial charge in [0.25, 0.3) is 0 Å². The first-order valence-corrected chi connectivity index (χ1v) is 7.34. The average molecular weight is 298 g/mol. The van der Waals surface area contributed by atoms with E-state index in [1.807, 2.05) is 18.2 Å². The normalized spacial score (nSPS) is 21.9. The third kappa shape index (κ3) is 5.14. The molecule has 0 radical (unpaired) electrons. The Balaban J connectivity index is 0.00000200. The first-order chi connectivity index (χ1) is 9.27. The predicted molar refractivity (Wildman–Crippen MR) is 75.4 cm³/mol. The molecule has 1 aromatic rings. The summed E-state index contributed by atoms with van der Waals surface area (Å²) in [6.45, 7) is 5.24. The standard InChI is InChI=1S/C16H23NO2.ClH/c1-14-8-5-6-11-17(14)12-7-13-19-16(18)15-9-3-2-4-10-15;/h2-4,9-10,14H,5-8,11-13H2,1H3;1H. The summed E-state index contributed by atoms with van der Waals surface area (Å²) >= 11 is 0. The maximum absolute atomic E-state index is 11.7. The van der Waals surface area contributed by atoms with E-state index in [9.17, 15) is 4.79 Å². The number of esters is 1. The number of piperidine rings is 1. The minimum atomic E-state index is -0.206. The van der Waals surface area contributed by atoms with Crippen molar-refractivity contribution in [1.82, 2.24) is 0 Å². The van der Waals surface area contributed by atoms with Crippen LogP contribution >= 0.6 is 0 Å². The molecular formula is C16H24ClNO2. The van der Waals surface area contributed by atoms with E-state index in [0.717, 1.165) is 19.0 Å². The molecule has 1 aliphatic heterocycles. The lowest BCUT2D eigenvalue weighted by Crippen LogP contribution is -3.16. The van der Waals surface area contributed by atoms with Gasteiger partial charge in [-0.15, -0.1) is 0 Å². The molecule has 112 valence electrons. The Labute approximate surface area is 127 Å². The van der Waals surface area contributed by atoms with Crippen LogP contribution in [0.1, 0.15) is 43.0 Å². The lowest BCUT2D eigenvalue weighted by Gasteiger charge is -2.30. The summed E-state index contributed by atoms with van der Waals surface area (Å²) in [6.07, 6.45) is 4.99. The van der Waals surface area contributed by atoms with Gasteiger partial charge in [-0.25, -0.2) is 4.79 Å². The van der Waals surface area contributed by atoms with Crippen LogP contribution in [0.4, 0.5) is 0 Å². The Morgan fingerprint density at radius 2 is 2.05 bits per heavy atom. The van der Waals surface area contributed by atoms with Crippen molar-refractivity contribution in [1.29, 1.82) is 0 Å². The van der Waals surface area contributed by atoms with Crippen LogP contribution in [-0.4, -0.2) is 31.7 Å². The largest absolute Gasteiger partial charge is 1.00 e. The first-order valence-electron chi connectivity index (χ1n) is 7.34. The fourth-order valence-corrected chi connectivity index (χ4v) is 2.75. The molecule has 0 aliphatic carbocycles. The van der Waals surface area contributed by atoms with Gasteiger partial charge in [0, 0.05) is 6.42 Å². The Bertz CT molecular complexity index is 397. The van der Waals surface area contributed by atoms with E-state index in [0.29, 0.717) is 12.2 Å². The van der Waals surface area contributed by atoms with Crippen LogP contribution in [0.15, 0.2) is 30.3 Å². The summed E-state index contributed by atoms with van der Waals surface area (Å²) in [6, 6.07) is 9.96. The van der Waals surface area contributed by atoms with Crippen molar-refractivity contribution >= 4 is 5.97 Å². The first kappa shape index (κ1) is 17.0. The number of quaternary nitrogens is 1. The monoisotopic (exact) mass is 297 g/mol. The van der Waals surface area contributed by atoms with E-state index in [4.69, 9.17) is 4.74 Å². The summed E-state index contributed by atoms with van der Waals surface area (Å²) in [5.41, 5.74) is 0.640. The molecule has 3 nitrogen and oxygen atoms in total. The molecule has 2 unspecified atom stereocenters. The Hall–Kier alpha value is -1.06. The Morgan fingerprint density at radius 3 is 2.75 bits per heavy atom. The summed E-state index contributed by atoms with van der Waals surface area (Å²) < 4.78 is 5.30. The molecule has 1 aromatic carbocycles. The molecule has 1 aliphatic rings. The van der Waals surface area contributed by atoms with Gasteiger partial charge in [0.1, 0.15) is 0 Å². The Morgan fingerprint density at radius 1 is 1.30 bits per heavy atom. The molecule has 1 N–H and O–H groups in total. The van der Waals surface area contributed by atoms with Crippen molar-refractivity contribution in [2.45, 2.75) is 38.6 Å². The number of halogens is 1. The van der Waals surface area contributed by atoms with Crippen molar-refractivity contribution in [3.63, 3.8) is 0 Å². The second-order valence-electron chi connectivity index (χ2n) is 5.41. The molecule has 0 amide bonds. The van der Waals surface area contributed by atoms with E-state index in [2.05, 4.69) is 6.92 Å². The number of benzene rings is 1. The molecule has 2 rings (SSSR count). The second-order valence-corrected chi connectivity index (χ2v) is 5.41. The number of ether oxygens (including phenoxy) is 1. The van der Waals surface area contributed by atoms with Crippen LogP contribution in [0.2, 0.25) is 0 Å². The lowest BCUT2D eigenvalue weighted by atomic mass is 10.0. The highest BCUT2D eigenvalue weighted by Crippen LogP contribution is 2.03. The summed E-state index contributed by atoms with van der Waals surface area (Å²) in [7, 11) is 0. The number of nitrogens with one attached hydrogen (secondary N) is 1. The van der Waals surface area contributed by atoms with E-state index in [1.165, 1.54) is 25.8 Å². The van der Waals surface area contributed by atoms with Gasteiger partial charge in [0.15, 0.2) is 0 Å². The SMILES string of the molecule is CC1CCCC[NH+]1CCCOC(=O)c1ccccc1.[Cl-]. The van der Waals surface area contributed by atoms with Crippen molar-refractivity contribution in [3.8, 4) is 0 Å². The maximum atomic E-state index is 11.7. The summed E-state index contributed by atoms with van der Waals surface area (Å²) in [5.74, 6) is -0.206. The molecule has 20 heavy (non-hydrogen) atoms. The van der Waals surface area contributed by atoms with Crippen LogP contribution in [0.25, 0.3) is 0 Å². The van der Waals surface area contributed by atoms with Gasteiger partial charge in [-0.05, 0) is 38.3 Å². The highest BCUT2D eigenvalue weighted by Gasteiger charge is 2.21. The minimum Gasteiger partial charge on any atom is -1.00 e. The molecule has 4 heteroatoms. The van der Waals surface area contributed by atoms with Crippen LogP contribution in [-0.2, 0) is 4.74 Å². The highest BCUT2D eigenvalue weighted by atomic mass is 35.5. The molecule has 0 aromatic heterocycles. The third-order valence-corrected chi connectivity index (χ3v) is 3.97. The molecule has 2 atom stereocenters. The van der Waals surface area contributed by atoms with E-state index < -0.39 is 0 Å². The molecule has 1 fully saturated rings. The van der Waals surface area contributed by atoms with Gasteiger partial charge < -0.3 is 22.0 Å². The molecule has 1 heterocycles. The van der Waals surface area contributed by atoms with Gasteiger partial charge in [-0.3, -0.25) is 0 Å². The van der Waals surface area contributed by atoms with Gasteiger partial charge in [-0.1, -0.05) is 18.2 Å². The van der Waals surface area contributed by atoms with Crippen molar-refractivity contribution < 1.29 is 26.8 Å². The Kier molecular flexibility index (Phi) is 7.63. The maximum Gasteiger partial charge on any atom is 0.338 e. The van der Waals surface area contributed by atoms with Gasteiger partial charge >= 0.3 is 5.97 Å². The predicted octanol–water partition coefficient (Wildman–Crippen LogP) is -1.31. The van der Waals surface area contributed by atoms with Crippen LogP contribution in [0.5, 0.6) is 0 Å². The summed E-state index contributed by atoms with van der Waals surface area (Å²) in [4.78, 5) is 13.4. The summed E-state index contributed by atoms with van der Waals surface area (Å²) in [5, 5.41) is 0. The highest BCUT2D eigenvalue weighted by molar-refractivity contribution is 5.89. The van der Waals surface area contributed by atoms with Crippen molar-refractivity contribution in [2.75, 3.05) is 19.7 Å².